The van der Waals surface area contributed by atoms with Gasteiger partial charge in [-0.25, -0.2) is 4.79 Å². The van der Waals surface area contributed by atoms with E-state index in [9.17, 15) is 9.59 Å². The average Bonchev–Trinajstić information content (AvgIpc) is 2.45. The van der Waals surface area contributed by atoms with Crippen LogP contribution in [0.3, 0.4) is 0 Å². The number of hydrogen-bond donors (Lipinski definition) is 2. The molecule has 108 valence electrons. The Hall–Kier alpha value is -1.72. The van der Waals surface area contributed by atoms with Crippen molar-refractivity contribution in [2.75, 3.05) is 26.2 Å². The lowest BCUT2D eigenvalue weighted by Crippen LogP contribution is -2.51. The van der Waals surface area contributed by atoms with Crippen LogP contribution < -0.4 is 5.32 Å². The molecule has 0 bridgehead atoms. The van der Waals surface area contributed by atoms with Crippen LogP contribution >= 0.6 is 0 Å². The lowest BCUT2D eigenvalue weighted by Gasteiger charge is -2.33. The Balaban J connectivity index is 2.13. The van der Waals surface area contributed by atoms with Gasteiger partial charge in [0.25, 0.3) is 0 Å². The summed E-state index contributed by atoms with van der Waals surface area (Å²) in [6.07, 6.45) is 0.566. The smallest absolute Gasteiger partial charge is 0.335 e. The van der Waals surface area contributed by atoms with Crippen molar-refractivity contribution in [1.29, 1.82) is 0 Å². The number of benzene rings is 1. The standard InChI is InChI=1S/C15H20N2O3/c1-11(18)14(17-7-5-16-6-8-17)10-12-3-2-4-13(9-12)15(19)20/h2-4,9,14,16H,5-8,10H2,1H3,(H,19,20). The zero-order chi connectivity index (χ0) is 14.5. The third-order valence-electron chi connectivity index (χ3n) is 3.66. The molecule has 1 saturated heterocycles. The van der Waals surface area contributed by atoms with Gasteiger partial charge in [0.2, 0.25) is 0 Å². The largest absolute Gasteiger partial charge is 0.478 e. The summed E-state index contributed by atoms with van der Waals surface area (Å²) in [5, 5.41) is 12.3. The van der Waals surface area contributed by atoms with Gasteiger partial charge in [0, 0.05) is 26.2 Å². The van der Waals surface area contributed by atoms with E-state index in [1.54, 1.807) is 25.1 Å². The first-order valence-corrected chi connectivity index (χ1v) is 6.85. The van der Waals surface area contributed by atoms with Gasteiger partial charge in [0.15, 0.2) is 0 Å². The summed E-state index contributed by atoms with van der Waals surface area (Å²) in [5.74, 6) is -0.805. The lowest BCUT2D eigenvalue weighted by atomic mass is 9.99. The molecule has 2 N–H and O–H groups in total. The molecule has 1 aromatic carbocycles. The zero-order valence-electron chi connectivity index (χ0n) is 11.6. The van der Waals surface area contributed by atoms with E-state index in [2.05, 4.69) is 10.2 Å². The fraction of sp³-hybridized carbons (Fsp3) is 0.467. The number of rotatable bonds is 5. The van der Waals surface area contributed by atoms with Gasteiger partial charge < -0.3 is 10.4 Å². The first-order chi connectivity index (χ1) is 9.58. The number of ketones is 1. The second-order valence-electron chi connectivity index (χ2n) is 5.12. The van der Waals surface area contributed by atoms with Crippen molar-refractivity contribution >= 4 is 11.8 Å². The quantitative estimate of drug-likeness (QED) is 0.832. The van der Waals surface area contributed by atoms with Crippen molar-refractivity contribution in [3.05, 3.63) is 35.4 Å². The van der Waals surface area contributed by atoms with Gasteiger partial charge in [-0.05, 0) is 31.0 Å². The predicted molar refractivity (Wildman–Crippen MR) is 76.0 cm³/mol. The molecule has 1 atom stereocenters. The van der Waals surface area contributed by atoms with Gasteiger partial charge in [-0.2, -0.15) is 0 Å². The van der Waals surface area contributed by atoms with Gasteiger partial charge in [-0.1, -0.05) is 12.1 Å². The summed E-state index contributed by atoms with van der Waals surface area (Å²) in [5.41, 5.74) is 1.16. The van der Waals surface area contributed by atoms with Gasteiger partial charge in [0.05, 0.1) is 11.6 Å². The van der Waals surface area contributed by atoms with Crippen LogP contribution in [0.25, 0.3) is 0 Å². The number of aromatic carboxylic acids is 1. The summed E-state index contributed by atoms with van der Waals surface area (Å²) in [6.45, 7) is 5.08. The van der Waals surface area contributed by atoms with E-state index in [-0.39, 0.29) is 17.4 Å². The fourth-order valence-electron chi connectivity index (χ4n) is 2.58. The molecule has 1 heterocycles. The molecular weight excluding hydrogens is 256 g/mol. The zero-order valence-corrected chi connectivity index (χ0v) is 11.6. The second-order valence-corrected chi connectivity index (χ2v) is 5.12. The second kappa shape index (κ2) is 6.63. The van der Waals surface area contributed by atoms with Crippen molar-refractivity contribution in [3.63, 3.8) is 0 Å². The van der Waals surface area contributed by atoms with Crippen LogP contribution in [0.4, 0.5) is 0 Å². The number of nitrogens with one attached hydrogen (secondary N) is 1. The molecule has 1 aliphatic rings. The molecule has 0 spiro atoms. The Morgan fingerprint density at radius 1 is 1.35 bits per heavy atom. The predicted octanol–water partition coefficient (Wildman–Crippen LogP) is 0.790. The van der Waals surface area contributed by atoms with Gasteiger partial charge in [-0.3, -0.25) is 9.69 Å². The number of hydrogen-bond acceptors (Lipinski definition) is 4. The van der Waals surface area contributed by atoms with Crippen molar-refractivity contribution in [1.82, 2.24) is 10.2 Å². The Morgan fingerprint density at radius 3 is 2.65 bits per heavy atom. The first kappa shape index (κ1) is 14.7. The Bertz CT molecular complexity index is 496. The minimum Gasteiger partial charge on any atom is -0.478 e. The molecule has 0 radical (unpaired) electrons. The van der Waals surface area contributed by atoms with E-state index in [0.717, 1.165) is 31.7 Å². The molecule has 1 aliphatic heterocycles. The van der Waals surface area contributed by atoms with Crippen LogP contribution in [0.15, 0.2) is 24.3 Å². The molecule has 1 unspecified atom stereocenters. The van der Waals surface area contributed by atoms with Gasteiger partial charge in [-0.15, -0.1) is 0 Å². The maximum absolute atomic E-state index is 11.9. The Morgan fingerprint density at radius 2 is 2.05 bits per heavy atom. The molecule has 2 rings (SSSR count). The van der Waals surface area contributed by atoms with Crippen molar-refractivity contribution in [2.24, 2.45) is 0 Å². The average molecular weight is 276 g/mol. The number of carbonyl (C=O) groups excluding carboxylic acids is 1. The van der Waals surface area contributed by atoms with Gasteiger partial charge in [0.1, 0.15) is 5.78 Å². The lowest BCUT2D eigenvalue weighted by molar-refractivity contribution is -0.122. The van der Waals surface area contributed by atoms with Crippen molar-refractivity contribution < 1.29 is 14.7 Å². The molecule has 1 fully saturated rings. The molecule has 0 aliphatic carbocycles. The summed E-state index contributed by atoms with van der Waals surface area (Å²) < 4.78 is 0. The molecule has 5 heteroatoms. The van der Waals surface area contributed by atoms with E-state index >= 15 is 0 Å². The van der Waals surface area contributed by atoms with Crippen LogP contribution in [0.2, 0.25) is 0 Å². The summed E-state index contributed by atoms with van der Waals surface area (Å²) in [7, 11) is 0. The van der Waals surface area contributed by atoms with Gasteiger partial charge >= 0.3 is 5.97 Å². The number of carbonyl (C=O) groups is 2. The summed E-state index contributed by atoms with van der Waals surface area (Å²) >= 11 is 0. The normalized spacial score (nSPS) is 17.6. The first-order valence-electron chi connectivity index (χ1n) is 6.85. The molecule has 0 aromatic heterocycles. The molecule has 0 amide bonds. The molecular formula is C15H20N2O3. The highest BCUT2D eigenvalue weighted by Crippen LogP contribution is 2.13. The van der Waals surface area contributed by atoms with Crippen LogP contribution in [-0.4, -0.2) is 54.0 Å². The highest BCUT2D eigenvalue weighted by atomic mass is 16.4. The van der Waals surface area contributed by atoms with Crippen LogP contribution in [0, 0.1) is 0 Å². The number of carboxylic acid groups (broad SMARTS) is 1. The SMILES string of the molecule is CC(=O)C(Cc1cccc(C(=O)O)c1)N1CCNCC1. The van der Waals surface area contributed by atoms with E-state index in [4.69, 9.17) is 5.11 Å². The van der Waals surface area contributed by atoms with E-state index in [1.807, 2.05) is 6.07 Å². The number of piperazine rings is 1. The fourth-order valence-corrected chi connectivity index (χ4v) is 2.58. The minimum absolute atomic E-state index is 0.132. The summed E-state index contributed by atoms with van der Waals surface area (Å²) in [4.78, 5) is 25.0. The van der Waals surface area contributed by atoms with Crippen LogP contribution in [0.5, 0.6) is 0 Å². The molecule has 20 heavy (non-hydrogen) atoms. The minimum atomic E-state index is -0.937. The molecule has 0 saturated carbocycles. The monoisotopic (exact) mass is 276 g/mol. The third kappa shape index (κ3) is 3.65. The van der Waals surface area contributed by atoms with Crippen molar-refractivity contribution in [3.8, 4) is 0 Å². The van der Waals surface area contributed by atoms with E-state index < -0.39 is 5.97 Å². The highest BCUT2D eigenvalue weighted by molar-refractivity contribution is 5.88. The molecule has 5 nitrogen and oxygen atoms in total. The van der Waals surface area contributed by atoms with Crippen molar-refractivity contribution in [2.45, 2.75) is 19.4 Å². The maximum Gasteiger partial charge on any atom is 0.335 e. The molecule has 1 aromatic rings. The maximum atomic E-state index is 11.9. The number of carboxylic acids is 1. The Labute approximate surface area is 118 Å². The summed E-state index contributed by atoms with van der Waals surface area (Å²) in [6, 6.07) is 6.67. The third-order valence-corrected chi connectivity index (χ3v) is 3.66. The highest BCUT2D eigenvalue weighted by Gasteiger charge is 2.24. The Kier molecular flexibility index (Phi) is 4.87. The number of nitrogens with zero attached hydrogens (tertiary/aromatic N) is 1. The van der Waals surface area contributed by atoms with Crippen LogP contribution in [-0.2, 0) is 11.2 Å². The van der Waals surface area contributed by atoms with E-state index in [0.29, 0.717) is 6.42 Å². The topological polar surface area (TPSA) is 69.6 Å². The number of Topliss-reactive ketones (excluding diaryl/α,β-unsaturated/α-hetero) is 1. The van der Waals surface area contributed by atoms with E-state index in [1.165, 1.54) is 0 Å². The van der Waals surface area contributed by atoms with Crippen LogP contribution in [0.1, 0.15) is 22.8 Å².